The zero-order valence-corrected chi connectivity index (χ0v) is 23.5. The van der Waals surface area contributed by atoms with Gasteiger partial charge >= 0.3 is 5.97 Å². The van der Waals surface area contributed by atoms with Crippen LogP contribution < -0.4 is 19.6 Å². The van der Waals surface area contributed by atoms with E-state index in [-0.39, 0.29) is 5.56 Å². The van der Waals surface area contributed by atoms with E-state index in [1.165, 1.54) is 18.4 Å². The Kier molecular flexibility index (Phi) is 6.94. The van der Waals surface area contributed by atoms with Gasteiger partial charge in [-0.2, -0.15) is 5.10 Å². The fourth-order valence-corrected chi connectivity index (χ4v) is 6.00. The van der Waals surface area contributed by atoms with Crippen LogP contribution in [0.5, 0.6) is 5.75 Å². The lowest BCUT2D eigenvalue weighted by molar-refractivity contribution is -0.136. The van der Waals surface area contributed by atoms with Crippen LogP contribution in [0.15, 0.2) is 112 Å². The highest BCUT2D eigenvalue weighted by Crippen LogP contribution is 2.31. The molecule has 2 aromatic heterocycles. The number of carbonyl (C=O) groups excluding carboxylic acids is 1. The first-order valence-electron chi connectivity index (χ1n) is 12.9. The highest BCUT2D eigenvalue weighted by molar-refractivity contribution is 7.07. The fraction of sp³-hybridized carbons (Fsp3) is 0.125. The summed E-state index contributed by atoms with van der Waals surface area (Å²) in [6.07, 6.45) is 3.77. The molecule has 0 spiro atoms. The molecule has 5 aromatic rings. The summed E-state index contributed by atoms with van der Waals surface area (Å²) in [7, 11) is 2.92. The maximum absolute atomic E-state index is 14.1. The average molecular weight is 563 g/mol. The van der Waals surface area contributed by atoms with Crippen molar-refractivity contribution >= 4 is 23.4 Å². The van der Waals surface area contributed by atoms with Crippen LogP contribution >= 0.6 is 11.3 Å². The number of para-hydroxylation sites is 1. The zero-order valence-electron chi connectivity index (χ0n) is 22.6. The molecule has 41 heavy (non-hydrogen) atoms. The molecule has 8 nitrogen and oxygen atoms in total. The molecule has 0 saturated heterocycles. The number of rotatable bonds is 6. The molecule has 1 atom stereocenters. The average Bonchev–Trinajstić information content (AvgIpc) is 3.57. The second kappa shape index (κ2) is 10.9. The maximum Gasteiger partial charge on any atom is 0.338 e. The monoisotopic (exact) mass is 562 g/mol. The van der Waals surface area contributed by atoms with E-state index >= 15 is 0 Å². The van der Waals surface area contributed by atoms with Gasteiger partial charge in [-0.15, -0.1) is 0 Å². The molecular weight excluding hydrogens is 536 g/mol. The lowest BCUT2D eigenvalue weighted by Crippen LogP contribution is -2.39. The third-order valence-electron chi connectivity index (χ3n) is 6.96. The second-order valence-electron chi connectivity index (χ2n) is 9.43. The van der Waals surface area contributed by atoms with Crippen molar-refractivity contribution in [3.8, 4) is 22.7 Å². The number of thiazole rings is 1. The van der Waals surface area contributed by atoms with E-state index in [1.54, 1.807) is 30.7 Å². The van der Waals surface area contributed by atoms with Crippen molar-refractivity contribution in [3.05, 3.63) is 133 Å². The van der Waals surface area contributed by atoms with E-state index in [0.29, 0.717) is 26.4 Å². The third-order valence-corrected chi connectivity index (χ3v) is 7.94. The number of hydrogen-bond acceptors (Lipinski definition) is 7. The van der Waals surface area contributed by atoms with Gasteiger partial charge in [0.1, 0.15) is 5.75 Å². The Morgan fingerprint density at radius 3 is 2.29 bits per heavy atom. The normalized spacial score (nSPS) is 14.9. The van der Waals surface area contributed by atoms with Gasteiger partial charge in [0, 0.05) is 17.3 Å². The second-order valence-corrected chi connectivity index (χ2v) is 10.4. The minimum absolute atomic E-state index is 0.255. The molecule has 6 rings (SSSR count). The van der Waals surface area contributed by atoms with Crippen LogP contribution in [0.2, 0.25) is 0 Å². The topological polar surface area (TPSA) is 87.7 Å². The van der Waals surface area contributed by atoms with Crippen molar-refractivity contribution in [1.29, 1.82) is 0 Å². The molecule has 0 N–H and O–H groups in total. The molecule has 0 radical (unpaired) electrons. The molecule has 0 bridgehead atoms. The third kappa shape index (κ3) is 4.81. The van der Waals surface area contributed by atoms with Gasteiger partial charge in [-0.3, -0.25) is 9.36 Å². The van der Waals surface area contributed by atoms with Gasteiger partial charge < -0.3 is 9.47 Å². The predicted molar refractivity (Wildman–Crippen MR) is 158 cm³/mol. The van der Waals surface area contributed by atoms with E-state index in [9.17, 15) is 9.59 Å². The van der Waals surface area contributed by atoms with Crippen LogP contribution in [0.25, 0.3) is 23.0 Å². The quantitative estimate of drug-likeness (QED) is 0.289. The largest absolute Gasteiger partial charge is 0.497 e. The SMILES string of the molecule is COC(=O)C1=C(C)N=c2s/c(=C/c3cn(-c4ccccc4)nc3-c3ccccc3)c(=O)n2[C@H]1c1ccc(OC)cc1. The van der Waals surface area contributed by atoms with E-state index in [0.717, 1.165) is 28.1 Å². The molecule has 0 amide bonds. The van der Waals surface area contributed by atoms with Gasteiger partial charge in [0.15, 0.2) is 4.80 Å². The summed E-state index contributed by atoms with van der Waals surface area (Å²) in [5, 5.41) is 4.87. The number of aromatic nitrogens is 3. The van der Waals surface area contributed by atoms with Crippen molar-refractivity contribution in [2.45, 2.75) is 13.0 Å². The number of benzene rings is 3. The minimum Gasteiger partial charge on any atom is -0.497 e. The van der Waals surface area contributed by atoms with Gasteiger partial charge in [-0.05, 0) is 42.8 Å². The van der Waals surface area contributed by atoms with Crippen molar-refractivity contribution in [1.82, 2.24) is 14.3 Å². The highest BCUT2D eigenvalue weighted by Gasteiger charge is 2.33. The summed E-state index contributed by atoms with van der Waals surface area (Å²) in [6, 6.07) is 26.3. The van der Waals surface area contributed by atoms with Crippen molar-refractivity contribution in [3.63, 3.8) is 0 Å². The number of hydrogen-bond donors (Lipinski definition) is 0. The highest BCUT2D eigenvalue weighted by atomic mass is 32.1. The first-order chi connectivity index (χ1) is 20.0. The molecule has 1 aliphatic rings. The van der Waals surface area contributed by atoms with Crippen LogP contribution in [0.1, 0.15) is 24.1 Å². The molecule has 204 valence electrons. The van der Waals surface area contributed by atoms with Gasteiger partial charge in [-0.25, -0.2) is 14.5 Å². The Hall–Kier alpha value is -5.02. The number of ether oxygens (including phenoxy) is 2. The predicted octanol–water partition coefficient (Wildman–Crippen LogP) is 4.27. The summed E-state index contributed by atoms with van der Waals surface area (Å²) in [4.78, 5) is 32.2. The van der Waals surface area contributed by atoms with Crippen molar-refractivity contribution in [2.24, 2.45) is 4.99 Å². The molecular formula is C32H26N4O4S. The molecule has 0 saturated carbocycles. The summed E-state index contributed by atoms with van der Waals surface area (Å²) in [5.74, 6) is 0.141. The smallest absolute Gasteiger partial charge is 0.338 e. The fourth-order valence-electron chi connectivity index (χ4n) is 4.96. The van der Waals surface area contributed by atoms with Crippen molar-refractivity contribution in [2.75, 3.05) is 14.2 Å². The Balaban J connectivity index is 1.56. The lowest BCUT2D eigenvalue weighted by Gasteiger charge is -2.24. The van der Waals surface area contributed by atoms with Gasteiger partial charge in [0.25, 0.3) is 5.56 Å². The number of fused-ring (bicyclic) bond motifs is 1. The van der Waals surface area contributed by atoms with E-state index in [4.69, 9.17) is 14.6 Å². The van der Waals surface area contributed by atoms with Crippen LogP contribution in [-0.4, -0.2) is 34.5 Å². The van der Waals surface area contributed by atoms with Crippen LogP contribution in [0.4, 0.5) is 0 Å². The Morgan fingerprint density at radius 2 is 1.63 bits per heavy atom. The molecule has 0 aliphatic carbocycles. The molecule has 9 heteroatoms. The van der Waals surface area contributed by atoms with E-state index < -0.39 is 12.0 Å². The first kappa shape index (κ1) is 26.2. The zero-order chi connectivity index (χ0) is 28.5. The Bertz CT molecular complexity index is 1950. The summed E-state index contributed by atoms with van der Waals surface area (Å²) in [5.41, 5.74) is 4.69. The number of allylic oxidation sites excluding steroid dienone is 1. The Morgan fingerprint density at radius 1 is 0.951 bits per heavy atom. The standard InChI is InChI=1S/C32H26N4O4S/c1-20-27(31(38)40-3)29(22-14-16-25(39-2)17-15-22)36-30(37)26(41-32(36)33-20)18-23-19-35(24-12-8-5-9-13-24)34-28(23)21-10-6-4-7-11-21/h4-19,29H,1-3H3/b26-18+/t29-/m0/s1. The lowest BCUT2D eigenvalue weighted by atomic mass is 9.96. The molecule has 3 heterocycles. The number of nitrogens with zero attached hydrogens (tertiary/aromatic N) is 4. The van der Waals surface area contributed by atoms with Crippen LogP contribution in [-0.2, 0) is 9.53 Å². The molecule has 1 aliphatic heterocycles. The number of carbonyl (C=O) groups is 1. The van der Waals surface area contributed by atoms with Gasteiger partial charge in [-0.1, -0.05) is 72.0 Å². The van der Waals surface area contributed by atoms with E-state index in [2.05, 4.69) is 4.99 Å². The number of methoxy groups -OCH3 is 2. The van der Waals surface area contributed by atoms with Gasteiger partial charge in [0.05, 0.1) is 47.4 Å². The summed E-state index contributed by atoms with van der Waals surface area (Å²) < 4.78 is 14.3. The number of esters is 1. The Labute approximate surface area is 239 Å². The first-order valence-corrected chi connectivity index (χ1v) is 13.8. The minimum atomic E-state index is -0.701. The van der Waals surface area contributed by atoms with Crippen LogP contribution in [0, 0.1) is 0 Å². The van der Waals surface area contributed by atoms with Crippen LogP contribution in [0.3, 0.4) is 0 Å². The van der Waals surface area contributed by atoms with Gasteiger partial charge in [0.2, 0.25) is 0 Å². The van der Waals surface area contributed by atoms with E-state index in [1.807, 2.05) is 89.8 Å². The molecule has 3 aromatic carbocycles. The molecule has 0 unspecified atom stereocenters. The summed E-state index contributed by atoms with van der Waals surface area (Å²) >= 11 is 1.28. The maximum atomic E-state index is 14.1. The summed E-state index contributed by atoms with van der Waals surface area (Å²) in [6.45, 7) is 1.76. The van der Waals surface area contributed by atoms with Crippen molar-refractivity contribution < 1.29 is 14.3 Å². The molecule has 0 fully saturated rings.